The van der Waals surface area contributed by atoms with Gasteiger partial charge in [0.1, 0.15) is 17.6 Å². The van der Waals surface area contributed by atoms with Gasteiger partial charge in [0.25, 0.3) is 0 Å². The molecule has 0 aliphatic heterocycles. The maximum Gasteiger partial charge on any atom is 0.224 e. The normalized spacial score (nSPS) is 13.7. The standard InChI is InChI=1S/C20H26N2O3.ClH/c1-14(25-18-11-9-17(24-3)10-12-18)13-22-20(23)15(2)19(21)16-7-5-4-6-8-16;/h4-12,14-15,19H,13,21H2,1-3H3,(H,22,23);1H. The van der Waals surface area contributed by atoms with Crippen LogP contribution in [0.4, 0.5) is 0 Å². The Labute approximate surface area is 161 Å². The van der Waals surface area contributed by atoms with E-state index in [2.05, 4.69) is 5.32 Å². The van der Waals surface area contributed by atoms with Crippen LogP contribution < -0.4 is 20.5 Å². The number of ether oxygens (including phenoxy) is 2. The summed E-state index contributed by atoms with van der Waals surface area (Å²) in [5, 5.41) is 2.91. The summed E-state index contributed by atoms with van der Waals surface area (Å²) in [6.07, 6.45) is -0.155. The topological polar surface area (TPSA) is 73.6 Å². The fourth-order valence-electron chi connectivity index (χ4n) is 2.46. The first-order valence-electron chi connectivity index (χ1n) is 8.40. The van der Waals surface area contributed by atoms with Crippen molar-refractivity contribution in [1.29, 1.82) is 0 Å². The van der Waals surface area contributed by atoms with Crippen LogP contribution in [-0.4, -0.2) is 25.7 Å². The summed E-state index contributed by atoms with van der Waals surface area (Å²) in [5.41, 5.74) is 7.14. The molecule has 3 N–H and O–H groups in total. The van der Waals surface area contributed by atoms with Crippen molar-refractivity contribution in [1.82, 2.24) is 5.32 Å². The Morgan fingerprint density at radius 3 is 2.19 bits per heavy atom. The highest BCUT2D eigenvalue weighted by molar-refractivity contribution is 5.85. The number of hydrogen-bond donors (Lipinski definition) is 2. The number of carbonyl (C=O) groups is 1. The van der Waals surface area contributed by atoms with Gasteiger partial charge in [-0.3, -0.25) is 4.79 Å². The van der Waals surface area contributed by atoms with E-state index >= 15 is 0 Å². The van der Waals surface area contributed by atoms with Crippen molar-refractivity contribution < 1.29 is 14.3 Å². The van der Waals surface area contributed by atoms with Crippen LogP contribution in [0.5, 0.6) is 11.5 Å². The van der Waals surface area contributed by atoms with Gasteiger partial charge < -0.3 is 20.5 Å². The third kappa shape index (κ3) is 6.24. The van der Waals surface area contributed by atoms with E-state index in [1.54, 1.807) is 7.11 Å². The zero-order chi connectivity index (χ0) is 18.2. The summed E-state index contributed by atoms with van der Waals surface area (Å²) in [5.74, 6) is 1.10. The smallest absolute Gasteiger partial charge is 0.224 e. The van der Waals surface area contributed by atoms with E-state index in [1.165, 1.54) is 0 Å². The third-order valence-corrected chi connectivity index (χ3v) is 4.10. The number of hydrogen-bond acceptors (Lipinski definition) is 4. The number of carbonyl (C=O) groups excluding carboxylic acids is 1. The minimum absolute atomic E-state index is 0. The minimum atomic E-state index is -0.334. The van der Waals surface area contributed by atoms with Crippen molar-refractivity contribution in [2.75, 3.05) is 13.7 Å². The fraction of sp³-hybridized carbons (Fsp3) is 0.350. The zero-order valence-corrected chi connectivity index (χ0v) is 16.2. The summed E-state index contributed by atoms with van der Waals surface area (Å²) >= 11 is 0. The van der Waals surface area contributed by atoms with Gasteiger partial charge in [-0.15, -0.1) is 12.4 Å². The summed E-state index contributed by atoms with van der Waals surface area (Å²) in [6, 6.07) is 16.7. The highest BCUT2D eigenvalue weighted by atomic mass is 35.5. The molecule has 142 valence electrons. The zero-order valence-electron chi connectivity index (χ0n) is 15.3. The van der Waals surface area contributed by atoms with Crippen LogP contribution in [0, 0.1) is 5.92 Å². The number of benzene rings is 2. The molecule has 0 radical (unpaired) electrons. The molecule has 5 nitrogen and oxygen atoms in total. The van der Waals surface area contributed by atoms with E-state index in [0.29, 0.717) is 6.54 Å². The molecule has 26 heavy (non-hydrogen) atoms. The number of halogens is 1. The first-order chi connectivity index (χ1) is 12.0. The molecule has 2 aromatic rings. The van der Waals surface area contributed by atoms with Crippen molar-refractivity contribution in [3.63, 3.8) is 0 Å². The van der Waals surface area contributed by atoms with Gasteiger partial charge in [-0.2, -0.15) is 0 Å². The molecule has 1 amide bonds. The van der Waals surface area contributed by atoms with Gasteiger partial charge in [-0.1, -0.05) is 37.3 Å². The van der Waals surface area contributed by atoms with E-state index in [1.807, 2.05) is 68.4 Å². The third-order valence-electron chi connectivity index (χ3n) is 4.10. The Balaban J connectivity index is 0.00000338. The molecule has 0 saturated carbocycles. The van der Waals surface area contributed by atoms with Gasteiger partial charge in [-0.25, -0.2) is 0 Å². The Bertz CT molecular complexity index is 665. The number of rotatable bonds is 8. The maximum atomic E-state index is 12.3. The minimum Gasteiger partial charge on any atom is -0.497 e. The first-order valence-corrected chi connectivity index (χ1v) is 8.40. The average Bonchev–Trinajstić information content (AvgIpc) is 2.66. The SMILES string of the molecule is COc1ccc(OC(C)CNC(=O)C(C)C(N)c2ccccc2)cc1.Cl. The van der Waals surface area contributed by atoms with Gasteiger partial charge in [0, 0.05) is 6.04 Å². The second-order valence-electron chi connectivity index (χ2n) is 6.07. The Kier molecular flexibility index (Phi) is 8.96. The van der Waals surface area contributed by atoms with Crippen molar-refractivity contribution in [2.45, 2.75) is 26.0 Å². The number of nitrogens with one attached hydrogen (secondary N) is 1. The van der Waals surface area contributed by atoms with Crippen LogP contribution in [-0.2, 0) is 4.79 Å². The van der Waals surface area contributed by atoms with Gasteiger partial charge >= 0.3 is 0 Å². The lowest BCUT2D eigenvalue weighted by atomic mass is 9.94. The van der Waals surface area contributed by atoms with Crippen molar-refractivity contribution in [3.05, 3.63) is 60.2 Å². The summed E-state index contributed by atoms with van der Waals surface area (Å²) in [7, 11) is 1.62. The lowest BCUT2D eigenvalue weighted by molar-refractivity contribution is -0.125. The molecular formula is C20H27ClN2O3. The van der Waals surface area contributed by atoms with Crippen molar-refractivity contribution in [3.8, 4) is 11.5 Å². The Hall–Kier alpha value is -2.24. The lowest BCUT2D eigenvalue weighted by Crippen LogP contribution is -2.40. The van der Waals surface area contributed by atoms with Crippen LogP contribution in [0.2, 0.25) is 0 Å². The predicted octanol–water partition coefficient (Wildman–Crippen LogP) is 3.34. The van der Waals surface area contributed by atoms with Gasteiger partial charge in [0.2, 0.25) is 5.91 Å². The number of amides is 1. The molecule has 0 saturated heterocycles. The highest BCUT2D eigenvalue weighted by Crippen LogP contribution is 2.20. The van der Waals surface area contributed by atoms with Crippen LogP contribution in [0.25, 0.3) is 0 Å². The summed E-state index contributed by atoms with van der Waals surface area (Å²) in [6.45, 7) is 4.16. The monoisotopic (exact) mass is 378 g/mol. The molecule has 3 unspecified atom stereocenters. The van der Waals surface area contributed by atoms with Crippen LogP contribution >= 0.6 is 12.4 Å². The summed E-state index contributed by atoms with van der Waals surface area (Å²) < 4.78 is 10.9. The van der Waals surface area contributed by atoms with E-state index in [4.69, 9.17) is 15.2 Å². The van der Waals surface area contributed by atoms with Crippen molar-refractivity contribution in [2.24, 2.45) is 11.7 Å². The predicted molar refractivity (Wildman–Crippen MR) is 106 cm³/mol. The van der Waals surface area contributed by atoms with Crippen LogP contribution in [0.15, 0.2) is 54.6 Å². The molecule has 2 rings (SSSR count). The largest absolute Gasteiger partial charge is 0.497 e. The highest BCUT2D eigenvalue weighted by Gasteiger charge is 2.22. The molecule has 0 aromatic heterocycles. The van der Waals surface area contributed by atoms with E-state index in [-0.39, 0.29) is 36.4 Å². The molecule has 0 fully saturated rings. The lowest BCUT2D eigenvalue weighted by Gasteiger charge is -2.21. The van der Waals surface area contributed by atoms with E-state index in [9.17, 15) is 4.79 Å². The Morgan fingerprint density at radius 2 is 1.62 bits per heavy atom. The molecule has 0 heterocycles. The molecule has 0 spiro atoms. The molecule has 0 bridgehead atoms. The van der Waals surface area contributed by atoms with Gasteiger partial charge in [0.15, 0.2) is 0 Å². The van der Waals surface area contributed by atoms with Crippen LogP contribution in [0.1, 0.15) is 25.5 Å². The fourth-order valence-corrected chi connectivity index (χ4v) is 2.46. The second kappa shape index (κ2) is 10.7. The molecular weight excluding hydrogens is 352 g/mol. The summed E-state index contributed by atoms with van der Waals surface area (Å²) in [4.78, 5) is 12.3. The van der Waals surface area contributed by atoms with Gasteiger partial charge in [0.05, 0.1) is 19.6 Å². The number of nitrogens with two attached hydrogens (primary N) is 1. The molecule has 0 aliphatic rings. The average molecular weight is 379 g/mol. The molecule has 3 atom stereocenters. The Morgan fingerprint density at radius 1 is 1.04 bits per heavy atom. The van der Waals surface area contributed by atoms with Crippen LogP contribution in [0.3, 0.4) is 0 Å². The quantitative estimate of drug-likeness (QED) is 0.738. The van der Waals surface area contributed by atoms with E-state index in [0.717, 1.165) is 17.1 Å². The second-order valence-corrected chi connectivity index (χ2v) is 6.07. The number of methoxy groups -OCH3 is 1. The van der Waals surface area contributed by atoms with E-state index < -0.39 is 0 Å². The van der Waals surface area contributed by atoms with Gasteiger partial charge in [-0.05, 0) is 36.8 Å². The maximum absolute atomic E-state index is 12.3. The molecule has 6 heteroatoms. The molecule has 0 aliphatic carbocycles. The van der Waals surface area contributed by atoms with Crippen molar-refractivity contribution >= 4 is 18.3 Å². The first kappa shape index (κ1) is 21.8. The molecule has 2 aromatic carbocycles.